The lowest BCUT2D eigenvalue weighted by atomic mass is 10.0. The first-order chi connectivity index (χ1) is 18.4. The molecule has 39 heavy (non-hydrogen) atoms. The van der Waals surface area contributed by atoms with Crippen LogP contribution in [0.3, 0.4) is 0 Å². The Morgan fingerprint density at radius 2 is 2.00 bits per heavy atom. The summed E-state index contributed by atoms with van der Waals surface area (Å²) in [5.74, 6) is 0.838. The first-order valence-corrected chi connectivity index (χ1v) is 14.8. The highest BCUT2D eigenvalue weighted by Gasteiger charge is 2.30. The number of hydrogen-bond donors (Lipinski definition) is 1. The molecule has 1 amide bonds. The van der Waals surface area contributed by atoms with Gasteiger partial charge in [-0.3, -0.25) is 10.00 Å². The molecular weight excluding hydrogens is 536 g/mol. The summed E-state index contributed by atoms with van der Waals surface area (Å²) >= 11 is 0.321. The fourth-order valence-electron chi connectivity index (χ4n) is 3.77. The molecule has 3 aromatic rings. The van der Waals surface area contributed by atoms with E-state index in [4.69, 9.17) is 9.72 Å². The van der Waals surface area contributed by atoms with Gasteiger partial charge in [0.05, 0.1) is 17.0 Å². The van der Waals surface area contributed by atoms with Crippen LogP contribution in [0.15, 0.2) is 29.6 Å². The van der Waals surface area contributed by atoms with E-state index in [1.54, 1.807) is 37.8 Å². The molecule has 0 unspecified atom stereocenters. The summed E-state index contributed by atoms with van der Waals surface area (Å²) < 4.78 is 19.7. The fraction of sp³-hybridized carbons (Fsp3) is 0.462. The van der Waals surface area contributed by atoms with Crippen LogP contribution in [-0.4, -0.2) is 65.4 Å². The first-order valence-electron chi connectivity index (χ1n) is 12.4. The molecule has 1 fully saturated rings. The van der Waals surface area contributed by atoms with Gasteiger partial charge in [0.15, 0.2) is 10.9 Å². The topological polar surface area (TPSA) is 145 Å². The molecule has 3 heterocycles. The summed E-state index contributed by atoms with van der Waals surface area (Å²) in [6, 6.07) is 6.02. The van der Waals surface area contributed by atoms with Crippen LogP contribution >= 0.6 is 11.8 Å². The highest BCUT2D eigenvalue weighted by Crippen LogP contribution is 2.37. The van der Waals surface area contributed by atoms with Gasteiger partial charge in [-0.25, -0.2) is 19.7 Å². The van der Waals surface area contributed by atoms with Crippen molar-refractivity contribution >= 4 is 40.8 Å². The van der Waals surface area contributed by atoms with E-state index >= 15 is 0 Å². The Kier molecular flexibility index (Phi) is 8.68. The third kappa shape index (κ3) is 7.00. The molecule has 206 valence electrons. The third-order valence-corrected chi connectivity index (χ3v) is 9.18. The van der Waals surface area contributed by atoms with Crippen molar-refractivity contribution in [3.05, 3.63) is 30.1 Å². The normalized spacial score (nSPS) is 14.3. The minimum atomic E-state index is -1.00. The second-order valence-electron chi connectivity index (χ2n) is 10.4. The van der Waals surface area contributed by atoms with Crippen LogP contribution in [0.2, 0.25) is 0 Å². The average molecular weight is 569 g/mol. The van der Waals surface area contributed by atoms with Crippen LogP contribution < -0.4 is 10.2 Å². The van der Waals surface area contributed by atoms with Gasteiger partial charge in [0.25, 0.3) is 0 Å². The zero-order valence-electron chi connectivity index (χ0n) is 22.9. The predicted octanol–water partition coefficient (Wildman–Crippen LogP) is 4.57. The third-order valence-electron chi connectivity index (χ3n) is 6.00. The van der Waals surface area contributed by atoms with Gasteiger partial charge in [-0.2, -0.15) is 10.4 Å². The van der Waals surface area contributed by atoms with E-state index in [0.717, 1.165) is 30.8 Å². The van der Waals surface area contributed by atoms with Crippen molar-refractivity contribution in [3.63, 3.8) is 0 Å². The average Bonchev–Trinajstić information content (AvgIpc) is 3.22. The van der Waals surface area contributed by atoms with E-state index in [-0.39, 0.29) is 11.2 Å². The second kappa shape index (κ2) is 11.8. The highest BCUT2D eigenvalue weighted by atomic mass is 32.3. The Bertz CT molecular complexity index is 1380. The van der Waals surface area contributed by atoms with Gasteiger partial charge >= 0.3 is 6.09 Å². The Morgan fingerprint density at radius 1 is 1.31 bits per heavy atom. The number of nitrogens with zero attached hydrogens (tertiary/aromatic N) is 7. The molecule has 4 rings (SSSR count). The molecule has 1 aliphatic rings. The molecule has 0 spiro atoms. The van der Waals surface area contributed by atoms with E-state index in [1.807, 2.05) is 38.2 Å². The molecule has 0 radical (unpaired) electrons. The van der Waals surface area contributed by atoms with Crippen molar-refractivity contribution in [1.82, 2.24) is 24.7 Å². The number of rotatable bonds is 8. The molecule has 13 heteroatoms. The van der Waals surface area contributed by atoms with Crippen molar-refractivity contribution < 1.29 is 14.1 Å². The predicted molar refractivity (Wildman–Crippen MR) is 153 cm³/mol. The number of aryl methyl sites for hydroxylation is 1. The van der Waals surface area contributed by atoms with E-state index in [1.165, 1.54) is 11.8 Å². The quantitative estimate of drug-likeness (QED) is 0.303. The molecular formula is C26H32N8O3S2. The number of anilines is 2. The zero-order valence-corrected chi connectivity index (χ0v) is 24.5. The lowest BCUT2D eigenvalue weighted by Gasteiger charge is -2.27. The van der Waals surface area contributed by atoms with E-state index in [0.29, 0.717) is 32.5 Å². The Balaban J connectivity index is 1.70. The van der Waals surface area contributed by atoms with Crippen LogP contribution in [0.25, 0.3) is 22.5 Å². The molecule has 0 saturated heterocycles. The van der Waals surface area contributed by atoms with Gasteiger partial charge in [-0.1, -0.05) is 11.8 Å². The van der Waals surface area contributed by atoms with E-state index in [9.17, 15) is 14.6 Å². The maximum Gasteiger partial charge on any atom is 0.414 e. The summed E-state index contributed by atoms with van der Waals surface area (Å²) in [5.41, 5.74) is 2.27. The Hall–Kier alpha value is -3.34. The summed E-state index contributed by atoms with van der Waals surface area (Å²) in [4.78, 5) is 27.2. The smallest absolute Gasteiger partial charge is 0.414 e. The zero-order chi connectivity index (χ0) is 28.3. The minimum absolute atomic E-state index is 0.0922. The lowest BCUT2D eigenvalue weighted by molar-refractivity contribution is 0.0634. The number of nitrogens with one attached hydrogen (secondary N) is 1. The fourth-order valence-corrected chi connectivity index (χ4v) is 6.77. The van der Waals surface area contributed by atoms with Crippen LogP contribution in [0.4, 0.5) is 16.6 Å². The molecule has 3 aromatic heterocycles. The molecule has 1 saturated carbocycles. The molecule has 1 aliphatic carbocycles. The molecule has 0 aliphatic heterocycles. The summed E-state index contributed by atoms with van der Waals surface area (Å²) in [6.45, 7) is 5.31. The van der Waals surface area contributed by atoms with Crippen molar-refractivity contribution in [2.45, 2.75) is 55.9 Å². The molecule has 1 atom stereocenters. The van der Waals surface area contributed by atoms with E-state index in [2.05, 4.69) is 26.5 Å². The van der Waals surface area contributed by atoms with Crippen LogP contribution in [0, 0.1) is 11.3 Å². The monoisotopic (exact) mass is 568 g/mol. The number of pyridine rings is 1. The number of thioether (sulfide) groups is 1. The van der Waals surface area contributed by atoms with Crippen LogP contribution in [-0.2, 0) is 23.0 Å². The Morgan fingerprint density at radius 3 is 2.54 bits per heavy atom. The number of carbonyl (C=O) groups is 1. The van der Waals surface area contributed by atoms with Gasteiger partial charge in [-0.05, 0) is 57.3 Å². The summed E-state index contributed by atoms with van der Waals surface area (Å²) in [6.07, 6.45) is 5.50. The first kappa shape index (κ1) is 28.7. The largest absolute Gasteiger partial charge is 0.615 e. The lowest BCUT2D eigenvalue weighted by Crippen LogP contribution is -2.29. The molecule has 11 nitrogen and oxygen atoms in total. The number of carbonyl (C=O) groups excluding carboxylic acids is 1. The number of nitriles is 1. The molecule has 0 bridgehead atoms. The maximum atomic E-state index is 12.7. The van der Waals surface area contributed by atoms with Gasteiger partial charge in [0, 0.05) is 50.7 Å². The van der Waals surface area contributed by atoms with Crippen LogP contribution in [0.5, 0.6) is 0 Å². The highest BCUT2D eigenvalue weighted by molar-refractivity contribution is 8.12. The second-order valence-corrected chi connectivity index (χ2v) is 13.4. The number of aromatic nitrogens is 5. The minimum Gasteiger partial charge on any atom is -0.615 e. The maximum absolute atomic E-state index is 12.7. The van der Waals surface area contributed by atoms with Crippen molar-refractivity contribution in [3.8, 4) is 28.6 Å². The van der Waals surface area contributed by atoms with Gasteiger partial charge in [0.2, 0.25) is 5.95 Å². The number of hydrogen-bond acceptors (Lipinski definition) is 10. The van der Waals surface area contributed by atoms with Crippen molar-refractivity contribution in [2.24, 2.45) is 7.05 Å². The van der Waals surface area contributed by atoms with Gasteiger partial charge < -0.3 is 14.2 Å². The van der Waals surface area contributed by atoms with E-state index < -0.39 is 22.9 Å². The summed E-state index contributed by atoms with van der Waals surface area (Å²) in [5, 5.41) is 18.3. The molecule has 1 N–H and O–H groups in total. The number of amides is 1. The molecule has 0 aromatic carbocycles. The number of ether oxygens (including phenoxy) is 1. The van der Waals surface area contributed by atoms with Crippen LogP contribution in [0.1, 0.15) is 45.6 Å². The van der Waals surface area contributed by atoms with Crippen molar-refractivity contribution in [2.75, 3.05) is 29.4 Å². The van der Waals surface area contributed by atoms with Gasteiger partial charge in [0.1, 0.15) is 21.9 Å². The Labute approximate surface area is 235 Å². The SMILES string of the molecule is CN(C)c1cc(-c2cc(-c3cnc(NC(=O)OC(C)(C)C)nc3)nc(SC[S@+]([O-])C3CCC3)c2C#N)n(C)n1. The summed E-state index contributed by atoms with van der Waals surface area (Å²) in [7, 11) is 5.62. The van der Waals surface area contributed by atoms with Crippen molar-refractivity contribution in [1.29, 1.82) is 5.26 Å². The standard InChI is InChI=1S/C26H32N8O3S2/c1-26(2,3)37-25(35)31-24-28-13-16(14-29-24)20-10-18(21-11-22(33(4)5)32-34(21)6)19(12-27)23(30-20)38-15-39(36)17-8-7-9-17/h10-11,13-14,17H,7-9,15H2,1-6H3,(H,28,29,31,35)/t39-/m0/s1. The van der Waals surface area contributed by atoms with Gasteiger partial charge in [-0.15, -0.1) is 0 Å².